The summed E-state index contributed by atoms with van der Waals surface area (Å²) < 4.78 is 0.815. The van der Waals surface area contributed by atoms with E-state index in [0.717, 1.165) is 34.6 Å². The number of hydrogen-bond acceptors (Lipinski definition) is 4. The van der Waals surface area contributed by atoms with Crippen molar-refractivity contribution in [1.29, 1.82) is 0 Å². The SMILES string of the molecule is CCc1cc(NCc2ccc(Cl)s2)nc(C)n1. The molecular formula is C12H14ClN3S. The van der Waals surface area contributed by atoms with Crippen molar-refractivity contribution in [2.75, 3.05) is 5.32 Å². The standard InChI is InChI=1S/C12H14ClN3S/c1-3-9-6-12(16-8(2)15-9)14-7-10-4-5-11(13)17-10/h4-6H,3,7H2,1-2H3,(H,14,15,16). The van der Waals surface area contributed by atoms with E-state index in [1.807, 2.05) is 25.1 Å². The van der Waals surface area contributed by atoms with E-state index in [9.17, 15) is 0 Å². The topological polar surface area (TPSA) is 37.8 Å². The molecular weight excluding hydrogens is 254 g/mol. The lowest BCUT2D eigenvalue weighted by Gasteiger charge is -2.06. The average molecular weight is 268 g/mol. The van der Waals surface area contributed by atoms with E-state index in [0.29, 0.717) is 0 Å². The lowest BCUT2D eigenvalue weighted by molar-refractivity contribution is 0.943. The van der Waals surface area contributed by atoms with Gasteiger partial charge in [0.05, 0.1) is 10.9 Å². The summed E-state index contributed by atoms with van der Waals surface area (Å²) in [5, 5.41) is 3.29. The first-order valence-corrected chi connectivity index (χ1v) is 6.69. The third-order valence-electron chi connectivity index (χ3n) is 2.33. The van der Waals surface area contributed by atoms with Crippen molar-refractivity contribution in [3.63, 3.8) is 0 Å². The van der Waals surface area contributed by atoms with Crippen LogP contribution in [0.3, 0.4) is 0 Å². The summed E-state index contributed by atoms with van der Waals surface area (Å²) in [5.74, 6) is 1.68. The van der Waals surface area contributed by atoms with Gasteiger partial charge in [-0.25, -0.2) is 9.97 Å². The number of aryl methyl sites for hydroxylation is 2. The van der Waals surface area contributed by atoms with E-state index in [4.69, 9.17) is 11.6 Å². The van der Waals surface area contributed by atoms with Crippen molar-refractivity contribution in [2.24, 2.45) is 0 Å². The molecule has 2 heterocycles. The van der Waals surface area contributed by atoms with Crippen molar-refractivity contribution < 1.29 is 0 Å². The molecule has 0 unspecified atom stereocenters. The molecule has 0 saturated carbocycles. The highest BCUT2D eigenvalue weighted by atomic mass is 35.5. The third-order valence-corrected chi connectivity index (χ3v) is 3.56. The minimum Gasteiger partial charge on any atom is -0.365 e. The van der Waals surface area contributed by atoms with E-state index >= 15 is 0 Å². The van der Waals surface area contributed by atoms with E-state index in [-0.39, 0.29) is 0 Å². The zero-order valence-electron chi connectivity index (χ0n) is 9.83. The first kappa shape index (κ1) is 12.3. The Kier molecular flexibility index (Phi) is 3.97. The molecule has 0 fully saturated rings. The first-order chi connectivity index (χ1) is 8.17. The molecule has 2 rings (SSSR count). The molecule has 0 spiro atoms. The highest BCUT2D eigenvalue weighted by molar-refractivity contribution is 7.16. The predicted octanol–water partition coefficient (Wildman–Crippen LogP) is 3.67. The number of halogens is 1. The molecule has 1 N–H and O–H groups in total. The van der Waals surface area contributed by atoms with Gasteiger partial charge in [-0.2, -0.15) is 0 Å². The molecule has 0 saturated heterocycles. The van der Waals surface area contributed by atoms with Gasteiger partial charge in [0, 0.05) is 16.6 Å². The largest absolute Gasteiger partial charge is 0.365 e. The van der Waals surface area contributed by atoms with Crippen LogP contribution < -0.4 is 5.32 Å². The van der Waals surface area contributed by atoms with Gasteiger partial charge in [-0.05, 0) is 25.5 Å². The van der Waals surface area contributed by atoms with Gasteiger partial charge in [0.1, 0.15) is 11.6 Å². The number of aromatic nitrogens is 2. The Morgan fingerprint density at radius 1 is 1.35 bits per heavy atom. The van der Waals surface area contributed by atoms with Crippen LogP contribution in [0.1, 0.15) is 23.3 Å². The summed E-state index contributed by atoms with van der Waals surface area (Å²) in [6, 6.07) is 5.92. The van der Waals surface area contributed by atoms with Crippen LogP contribution in [0.25, 0.3) is 0 Å². The quantitative estimate of drug-likeness (QED) is 0.918. The molecule has 0 bridgehead atoms. The summed E-state index contributed by atoms with van der Waals surface area (Å²) in [7, 11) is 0. The second kappa shape index (κ2) is 5.47. The van der Waals surface area contributed by atoms with Crippen LogP contribution in [0.5, 0.6) is 0 Å². The lowest BCUT2D eigenvalue weighted by atomic mass is 10.3. The first-order valence-electron chi connectivity index (χ1n) is 5.50. The molecule has 2 aromatic heterocycles. The van der Waals surface area contributed by atoms with Crippen LogP contribution in [0.4, 0.5) is 5.82 Å². The number of thiophene rings is 1. The number of nitrogens with zero attached hydrogens (tertiary/aromatic N) is 2. The van der Waals surface area contributed by atoms with Crippen molar-refractivity contribution in [3.05, 3.63) is 38.9 Å². The van der Waals surface area contributed by atoms with Gasteiger partial charge in [0.15, 0.2) is 0 Å². The fraction of sp³-hybridized carbons (Fsp3) is 0.333. The van der Waals surface area contributed by atoms with Crippen molar-refractivity contribution in [2.45, 2.75) is 26.8 Å². The fourth-order valence-electron chi connectivity index (χ4n) is 1.53. The minimum atomic E-state index is 0.747. The molecule has 5 heteroatoms. The molecule has 0 amide bonds. The molecule has 0 atom stereocenters. The Bertz CT molecular complexity index is 510. The molecule has 0 aliphatic carbocycles. The summed E-state index contributed by atoms with van der Waals surface area (Å²) >= 11 is 7.46. The Hall–Kier alpha value is -1.13. The zero-order valence-corrected chi connectivity index (χ0v) is 11.4. The van der Waals surface area contributed by atoms with Gasteiger partial charge < -0.3 is 5.32 Å². The fourth-order valence-corrected chi connectivity index (χ4v) is 2.55. The van der Waals surface area contributed by atoms with E-state index in [1.54, 1.807) is 11.3 Å². The van der Waals surface area contributed by atoms with Crippen LogP contribution in [0, 0.1) is 6.92 Å². The molecule has 0 aromatic carbocycles. The Morgan fingerprint density at radius 3 is 2.82 bits per heavy atom. The minimum absolute atomic E-state index is 0.747. The number of hydrogen-bond donors (Lipinski definition) is 1. The van der Waals surface area contributed by atoms with Gasteiger partial charge in [-0.1, -0.05) is 18.5 Å². The number of anilines is 1. The lowest BCUT2D eigenvalue weighted by Crippen LogP contribution is -2.03. The molecule has 0 aliphatic rings. The highest BCUT2D eigenvalue weighted by Crippen LogP contribution is 2.22. The molecule has 3 nitrogen and oxygen atoms in total. The predicted molar refractivity (Wildman–Crippen MR) is 72.8 cm³/mol. The normalized spacial score (nSPS) is 10.5. The van der Waals surface area contributed by atoms with Crippen LogP contribution in [0.15, 0.2) is 18.2 Å². The van der Waals surface area contributed by atoms with Crippen molar-refractivity contribution in [1.82, 2.24) is 9.97 Å². The molecule has 0 aliphatic heterocycles. The van der Waals surface area contributed by atoms with Crippen LogP contribution in [0.2, 0.25) is 4.34 Å². The highest BCUT2D eigenvalue weighted by Gasteiger charge is 2.02. The summed E-state index contributed by atoms with van der Waals surface area (Å²) in [4.78, 5) is 9.89. The maximum absolute atomic E-state index is 5.88. The van der Waals surface area contributed by atoms with Crippen LogP contribution in [-0.4, -0.2) is 9.97 Å². The summed E-state index contributed by atoms with van der Waals surface area (Å²) in [5.41, 5.74) is 1.06. The van der Waals surface area contributed by atoms with Crippen LogP contribution >= 0.6 is 22.9 Å². The third kappa shape index (κ3) is 3.41. The average Bonchev–Trinajstić information content (AvgIpc) is 2.72. The molecule has 90 valence electrons. The van der Waals surface area contributed by atoms with Crippen molar-refractivity contribution >= 4 is 28.8 Å². The number of rotatable bonds is 4. The van der Waals surface area contributed by atoms with E-state index in [1.165, 1.54) is 4.88 Å². The van der Waals surface area contributed by atoms with Gasteiger partial charge >= 0.3 is 0 Å². The van der Waals surface area contributed by atoms with Gasteiger partial charge in [-0.15, -0.1) is 11.3 Å². The molecule has 2 aromatic rings. The second-order valence-electron chi connectivity index (χ2n) is 3.70. The van der Waals surface area contributed by atoms with Crippen LogP contribution in [-0.2, 0) is 13.0 Å². The van der Waals surface area contributed by atoms with E-state index in [2.05, 4.69) is 22.2 Å². The smallest absolute Gasteiger partial charge is 0.130 e. The van der Waals surface area contributed by atoms with Gasteiger partial charge in [0.2, 0.25) is 0 Å². The molecule has 17 heavy (non-hydrogen) atoms. The summed E-state index contributed by atoms with van der Waals surface area (Å²) in [6.45, 7) is 4.74. The van der Waals surface area contributed by atoms with Gasteiger partial charge in [0.25, 0.3) is 0 Å². The van der Waals surface area contributed by atoms with E-state index < -0.39 is 0 Å². The Balaban J connectivity index is 2.05. The molecule has 0 radical (unpaired) electrons. The van der Waals surface area contributed by atoms with Gasteiger partial charge in [-0.3, -0.25) is 0 Å². The second-order valence-corrected chi connectivity index (χ2v) is 5.50. The summed E-state index contributed by atoms with van der Waals surface area (Å²) in [6.07, 6.45) is 0.920. The maximum atomic E-state index is 5.88. The Labute approximate surface area is 110 Å². The number of nitrogens with one attached hydrogen (secondary N) is 1. The van der Waals surface area contributed by atoms with Crippen molar-refractivity contribution in [3.8, 4) is 0 Å². The zero-order chi connectivity index (χ0) is 12.3. The Morgan fingerprint density at radius 2 is 2.18 bits per heavy atom. The maximum Gasteiger partial charge on any atom is 0.130 e. The monoisotopic (exact) mass is 267 g/mol.